The maximum atomic E-state index is 2.41. The third-order valence-corrected chi connectivity index (χ3v) is 8.62. The first-order chi connectivity index (χ1) is 10.9. The predicted octanol–water partition coefficient (Wildman–Crippen LogP) is 6.72. The van der Waals surface area contributed by atoms with E-state index in [1.165, 1.54) is 27.8 Å². The molecule has 1 heteroatoms. The Morgan fingerprint density at radius 1 is 0.708 bits per heavy atom. The monoisotopic (exact) mass is 341 g/mol. The molecule has 0 atom stereocenters. The second-order valence-electron chi connectivity index (χ2n) is 9.19. The van der Waals surface area contributed by atoms with Gasteiger partial charge in [0.25, 0.3) is 0 Å². The van der Waals surface area contributed by atoms with Gasteiger partial charge >= 0.3 is 0 Å². The number of hydrogen-bond donors (Lipinski definition) is 0. The molecule has 0 unspecified atom stereocenters. The van der Waals surface area contributed by atoms with Crippen LogP contribution in [-0.2, 0) is 0 Å². The minimum absolute atomic E-state index is 0.311. The van der Waals surface area contributed by atoms with E-state index in [0.717, 1.165) is 0 Å². The number of rotatable bonds is 2. The van der Waals surface area contributed by atoms with Gasteiger partial charge in [-0.05, 0) is 85.1 Å². The molecule has 24 heavy (non-hydrogen) atoms. The minimum Gasteiger partial charge on any atom is -0.0614 e. The molecule has 0 bridgehead atoms. The standard InChI is InChI=1S/C23H33P/c1-16-14-17(2)21(18(3)15-16)19-12-10-11-13-20(19)24(22(4,5)6)23(7,8)9/h10-15H,1-9H3/p+1. The second-order valence-corrected chi connectivity index (χ2v) is 13.5. The summed E-state index contributed by atoms with van der Waals surface area (Å²) in [4.78, 5) is 0. The molecule has 0 radical (unpaired) electrons. The van der Waals surface area contributed by atoms with Crippen LogP contribution < -0.4 is 5.30 Å². The van der Waals surface area contributed by atoms with Crippen molar-refractivity contribution in [2.75, 3.05) is 0 Å². The third-order valence-electron chi connectivity index (χ3n) is 4.64. The van der Waals surface area contributed by atoms with Gasteiger partial charge in [-0.2, -0.15) is 0 Å². The zero-order chi connectivity index (χ0) is 18.3. The zero-order valence-corrected chi connectivity index (χ0v) is 18.0. The highest BCUT2D eigenvalue weighted by atomic mass is 31.1. The van der Waals surface area contributed by atoms with Gasteiger partial charge in [-0.3, -0.25) is 0 Å². The molecule has 0 spiro atoms. The van der Waals surface area contributed by atoms with E-state index in [0.29, 0.717) is 10.3 Å². The van der Waals surface area contributed by atoms with Gasteiger partial charge in [-0.15, -0.1) is 0 Å². The Kier molecular flexibility index (Phi) is 5.31. The van der Waals surface area contributed by atoms with Gasteiger partial charge in [0.15, 0.2) is 0 Å². The van der Waals surface area contributed by atoms with E-state index in [2.05, 4.69) is 98.7 Å². The van der Waals surface area contributed by atoms with Gasteiger partial charge in [-0.1, -0.05) is 35.9 Å². The van der Waals surface area contributed by atoms with E-state index in [-0.39, 0.29) is 0 Å². The smallest absolute Gasteiger partial charge is 0.0614 e. The van der Waals surface area contributed by atoms with Crippen molar-refractivity contribution in [1.29, 1.82) is 0 Å². The molecule has 0 aromatic heterocycles. The molecule has 2 aromatic carbocycles. The third kappa shape index (κ3) is 3.92. The van der Waals surface area contributed by atoms with Crippen LogP contribution in [0.15, 0.2) is 36.4 Å². The van der Waals surface area contributed by atoms with E-state index in [4.69, 9.17) is 0 Å². The van der Waals surface area contributed by atoms with Crippen LogP contribution in [-0.4, -0.2) is 10.3 Å². The maximum Gasteiger partial charge on any atom is 0.100 e. The van der Waals surface area contributed by atoms with Crippen molar-refractivity contribution in [3.05, 3.63) is 53.1 Å². The van der Waals surface area contributed by atoms with Crippen LogP contribution in [0.2, 0.25) is 0 Å². The highest BCUT2D eigenvalue weighted by Crippen LogP contribution is 2.59. The van der Waals surface area contributed by atoms with Crippen molar-refractivity contribution in [1.82, 2.24) is 0 Å². The lowest BCUT2D eigenvalue weighted by molar-refractivity contribution is 0.715. The highest BCUT2D eigenvalue weighted by Gasteiger charge is 2.44. The first-order valence-corrected chi connectivity index (χ1v) is 10.5. The minimum atomic E-state index is -0.773. The molecule has 0 saturated heterocycles. The summed E-state index contributed by atoms with van der Waals surface area (Å²) < 4.78 is 0. The van der Waals surface area contributed by atoms with Crippen molar-refractivity contribution in [2.24, 2.45) is 0 Å². The topological polar surface area (TPSA) is 0 Å². The number of hydrogen-bond acceptors (Lipinski definition) is 0. The highest BCUT2D eigenvalue weighted by molar-refractivity contribution is 7.68. The van der Waals surface area contributed by atoms with Crippen LogP contribution in [0.25, 0.3) is 11.1 Å². The number of benzene rings is 2. The largest absolute Gasteiger partial charge is 0.100 e. The summed E-state index contributed by atoms with van der Waals surface area (Å²) in [6.07, 6.45) is 0. The predicted molar refractivity (Wildman–Crippen MR) is 114 cm³/mol. The lowest BCUT2D eigenvalue weighted by Gasteiger charge is -2.35. The summed E-state index contributed by atoms with van der Waals surface area (Å²) in [7, 11) is -0.773. The Labute approximate surface area is 150 Å². The summed E-state index contributed by atoms with van der Waals surface area (Å²) in [5, 5.41) is 2.20. The Balaban J connectivity index is 2.77. The van der Waals surface area contributed by atoms with E-state index < -0.39 is 7.92 Å². The van der Waals surface area contributed by atoms with Gasteiger partial charge in [-0.25, -0.2) is 0 Å². The lowest BCUT2D eigenvalue weighted by atomic mass is 9.94. The van der Waals surface area contributed by atoms with E-state index in [1.54, 1.807) is 5.30 Å². The summed E-state index contributed by atoms with van der Waals surface area (Å²) in [6, 6.07) is 13.8. The van der Waals surface area contributed by atoms with Gasteiger partial charge < -0.3 is 0 Å². The average Bonchev–Trinajstić information content (AvgIpc) is 2.36. The molecule has 130 valence electrons. The van der Waals surface area contributed by atoms with Gasteiger partial charge in [0.05, 0.1) is 10.3 Å². The molecular formula is C23H34P+. The Hall–Kier alpha value is -1.13. The van der Waals surface area contributed by atoms with Crippen molar-refractivity contribution >= 4 is 13.2 Å². The first kappa shape index (κ1) is 19.2. The molecule has 0 heterocycles. The molecule has 2 rings (SSSR count). The van der Waals surface area contributed by atoms with Crippen molar-refractivity contribution in [3.8, 4) is 11.1 Å². The fourth-order valence-corrected chi connectivity index (χ4v) is 9.06. The van der Waals surface area contributed by atoms with Crippen molar-refractivity contribution < 1.29 is 0 Å². The van der Waals surface area contributed by atoms with Crippen LogP contribution >= 0.6 is 7.92 Å². The van der Waals surface area contributed by atoms with E-state index in [1.807, 2.05) is 0 Å². The Morgan fingerprint density at radius 2 is 1.17 bits per heavy atom. The van der Waals surface area contributed by atoms with Crippen LogP contribution in [0.1, 0.15) is 58.2 Å². The Morgan fingerprint density at radius 3 is 1.62 bits per heavy atom. The fourth-order valence-electron chi connectivity index (χ4n) is 4.46. The van der Waals surface area contributed by atoms with Crippen LogP contribution in [0, 0.1) is 20.8 Å². The van der Waals surface area contributed by atoms with Crippen LogP contribution in [0.4, 0.5) is 0 Å². The van der Waals surface area contributed by atoms with Gasteiger partial charge in [0.1, 0.15) is 5.30 Å². The summed E-state index contributed by atoms with van der Waals surface area (Å²) in [5.41, 5.74) is 7.02. The molecule has 0 amide bonds. The molecule has 0 nitrogen and oxygen atoms in total. The first-order valence-electron chi connectivity index (χ1n) is 8.98. The summed E-state index contributed by atoms with van der Waals surface area (Å²) in [6.45, 7) is 21.2. The normalized spacial score (nSPS) is 12.8. The molecule has 0 aliphatic carbocycles. The molecule has 0 aliphatic rings. The molecule has 0 saturated carbocycles. The molecule has 0 aliphatic heterocycles. The Bertz CT molecular complexity index is 689. The quantitative estimate of drug-likeness (QED) is 0.532. The van der Waals surface area contributed by atoms with Gasteiger partial charge in [0.2, 0.25) is 0 Å². The van der Waals surface area contributed by atoms with Crippen LogP contribution in [0.3, 0.4) is 0 Å². The second kappa shape index (κ2) is 6.64. The lowest BCUT2D eigenvalue weighted by Crippen LogP contribution is -2.32. The summed E-state index contributed by atoms with van der Waals surface area (Å²) in [5.74, 6) is 0. The van der Waals surface area contributed by atoms with E-state index >= 15 is 0 Å². The maximum absolute atomic E-state index is 2.41. The summed E-state index contributed by atoms with van der Waals surface area (Å²) >= 11 is 0. The average molecular weight is 341 g/mol. The van der Waals surface area contributed by atoms with Crippen molar-refractivity contribution in [3.63, 3.8) is 0 Å². The molecular weight excluding hydrogens is 307 g/mol. The number of aryl methyl sites for hydroxylation is 3. The van der Waals surface area contributed by atoms with Crippen molar-refractivity contribution in [2.45, 2.75) is 72.6 Å². The van der Waals surface area contributed by atoms with Gasteiger partial charge in [0, 0.05) is 13.5 Å². The fraction of sp³-hybridized carbons (Fsp3) is 0.478. The molecule has 0 fully saturated rings. The SMILES string of the molecule is Cc1cc(C)c(-c2ccccc2[PH+](C(C)(C)C)C(C)(C)C)c(C)c1. The molecule has 0 N–H and O–H groups in total. The van der Waals surface area contributed by atoms with E-state index in [9.17, 15) is 0 Å². The van der Waals surface area contributed by atoms with Crippen LogP contribution in [0.5, 0.6) is 0 Å². The zero-order valence-electron chi connectivity index (χ0n) is 17.0. The molecule has 2 aromatic rings.